The fourth-order valence-electron chi connectivity index (χ4n) is 2.99. The molecule has 1 heterocycles. The molecule has 0 aromatic heterocycles. The molecule has 1 aliphatic rings. The Kier molecular flexibility index (Phi) is 5.57. The predicted octanol–water partition coefficient (Wildman–Crippen LogP) is 3.39. The maximum atomic E-state index is 6.17. The molecule has 1 saturated heterocycles. The second kappa shape index (κ2) is 6.72. The average Bonchev–Trinajstić information content (AvgIpc) is 2.34. The molecular formula is C16H25NO. The van der Waals surface area contributed by atoms with Crippen LogP contribution in [-0.4, -0.2) is 24.3 Å². The Morgan fingerprint density at radius 1 is 0.889 bits per heavy atom. The van der Waals surface area contributed by atoms with Gasteiger partial charge in [-0.05, 0) is 25.7 Å². The third-order valence-electron chi connectivity index (χ3n) is 3.75. The van der Waals surface area contributed by atoms with Crippen molar-refractivity contribution in [2.75, 3.05) is 13.2 Å². The number of morpholine rings is 1. The molecule has 0 aromatic carbocycles. The van der Waals surface area contributed by atoms with Crippen molar-refractivity contribution in [2.45, 2.75) is 36.8 Å². The van der Waals surface area contributed by atoms with Crippen LogP contribution >= 0.6 is 0 Å². The van der Waals surface area contributed by atoms with E-state index in [1.165, 1.54) is 0 Å². The Morgan fingerprint density at radius 3 is 1.83 bits per heavy atom. The highest BCUT2D eigenvalue weighted by Gasteiger charge is 2.51. The number of hydrogen-bond acceptors (Lipinski definition) is 2. The lowest BCUT2D eigenvalue weighted by molar-refractivity contribution is -0.134. The van der Waals surface area contributed by atoms with E-state index < -0.39 is 0 Å². The van der Waals surface area contributed by atoms with Gasteiger partial charge in [0, 0.05) is 6.54 Å². The molecular weight excluding hydrogens is 222 g/mol. The Bertz CT molecular complexity index is 267. The van der Waals surface area contributed by atoms with Crippen LogP contribution in [0.2, 0.25) is 0 Å². The van der Waals surface area contributed by atoms with E-state index in [4.69, 9.17) is 4.74 Å². The lowest BCUT2D eigenvalue weighted by Gasteiger charge is -2.53. The van der Waals surface area contributed by atoms with Crippen LogP contribution in [0.3, 0.4) is 0 Å². The summed E-state index contributed by atoms with van der Waals surface area (Å²) >= 11 is 0. The van der Waals surface area contributed by atoms with E-state index in [-0.39, 0.29) is 11.1 Å². The zero-order chi connectivity index (χ0) is 13.5. The van der Waals surface area contributed by atoms with Gasteiger partial charge < -0.3 is 10.1 Å². The molecule has 0 aliphatic carbocycles. The average molecular weight is 247 g/mol. The first-order chi connectivity index (χ1) is 8.70. The highest BCUT2D eigenvalue weighted by molar-refractivity contribution is 5.16. The zero-order valence-electron chi connectivity index (χ0n) is 11.3. The number of nitrogens with one attached hydrogen (secondary N) is 1. The van der Waals surface area contributed by atoms with Gasteiger partial charge in [-0.2, -0.15) is 0 Å². The summed E-state index contributed by atoms with van der Waals surface area (Å²) in [6.07, 6.45) is 11.1. The molecule has 0 spiro atoms. The van der Waals surface area contributed by atoms with Gasteiger partial charge in [0.05, 0.1) is 17.7 Å². The first kappa shape index (κ1) is 14.9. The van der Waals surface area contributed by atoms with Gasteiger partial charge in [-0.25, -0.2) is 0 Å². The molecule has 2 heteroatoms. The molecule has 0 radical (unpaired) electrons. The fourth-order valence-corrected chi connectivity index (χ4v) is 2.99. The minimum Gasteiger partial charge on any atom is -0.371 e. The van der Waals surface area contributed by atoms with Gasteiger partial charge in [-0.1, -0.05) is 24.3 Å². The van der Waals surface area contributed by atoms with Crippen molar-refractivity contribution < 1.29 is 4.74 Å². The lowest BCUT2D eigenvalue weighted by atomic mass is 9.70. The van der Waals surface area contributed by atoms with Gasteiger partial charge in [-0.15, -0.1) is 26.3 Å². The molecule has 0 bridgehead atoms. The minimum atomic E-state index is -0.295. The molecule has 1 N–H and O–H groups in total. The maximum Gasteiger partial charge on any atom is 0.0937 e. The third kappa shape index (κ3) is 2.65. The summed E-state index contributed by atoms with van der Waals surface area (Å²) in [6.45, 7) is 17.1. The topological polar surface area (TPSA) is 21.3 Å². The van der Waals surface area contributed by atoms with Crippen molar-refractivity contribution in [2.24, 2.45) is 0 Å². The van der Waals surface area contributed by atoms with Crippen molar-refractivity contribution in [1.29, 1.82) is 0 Å². The van der Waals surface area contributed by atoms with Crippen molar-refractivity contribution in [3.8, 4) is 0 Å². The van der Waals surface area contributed by atoms with E-state index in [1.54, 1.807) is 0 Å². The monoisotopic (exact) mass is 247 g/mol. The molecule has 0 unspecified atom stereocenters. The second-order valence-corrected chi connectivity index (χ2v) is 4.82. The predicted molar refractivity (Wildman–Crippen MR) is 78.7 cm³/mol. The zero-order valence-corrected chi connectivity index (χ0v) is 11.3. The van der Waals surface area contributed by atoms with Crippen LogP contribution in [-0.2, 0) is 4.74 Å². The largest absolute Gasteiger partial charge is 0.371 e. The van der Waals surface area contributed by atoms with Gasteiger partial charge in [0.25, 0.3) is 0 Å². The van der Waals surface area contributed by atoms with Crippen molar-refractivity contribution in [3.05, 3.63) is 50.6 Å². The highest BCUT2D eigenvalue weighted by atomic mass is 16.5. The van der Waals surface area contributed by atoms with Gasteiger partial charge in [0.2, 0.25) is 0 Å². The summed E-state index contributed by atoms with van der Waals surface area (Å²) < 4.78 is 6.17. The van der Waals surface area contributed by atoms with Crippen molar-refractivity contribution in [1.82, 2.24) is 5.32 Å². The molecule has 0 atom stereocenters. The maximum absolute atomic E-state index is 6.17. The minimum absolute atomic E-state index is 0.156. The third-order valence-corrected chi connectivity index (χ3v) is 3.75. The Labute approximate surface area is 111 Å². The van der Waals surface area contributed by atoms with E-state index in [9.17, 15) is 0 Å². The van der Waals surface area contributed by atoms with Crippen LogP contribution in [0.1, 0.15) is 25.7 Å². The van der Waals surface area contributed by atoms with E-state index in [0.717, 1.165) is 38.8 Å². The first-order valence-corrected chi connectivity index (χ1v) is 6.53. The van der Waals surface area contributed by atoms with Gasteiger partial charge in [0.1, 0.15) is 0 Å². The smallest absolute Gasteiger partial charge is 0.0937 e. The van der Waals surface area contributed by atoms with Crippen LogP contribution in [0.25, 0.3) is 0 Å². The number of rotatable bonds is 8. The molecule has 100 valence electrons. The van der Waals surface area contributed by atoms with E-state index in [2.05, 4.69) is 31.6 Å². The van der Waals surface area contributed by atoms with Gasteiger partial charge >= 0.3 is 0 Å². The fraction of sp³-hybridized carbons (Fsp3) is 0.500. The van der Waals surface area contributed by atoms with Gasteiger partial charge in [0.15, 0.2) is 0 Å². The van der Waals surface area contributed by atoms with Crippen LogP contribution in [0.4, 0.5) is 0 Å². The molecule has 0 amide bonds. The van der Waals surface area contributed by atoms with E-state index >= 15 is 0 Å². The summed E-state index contributed by atoms with van der Waals surface area (Å²) in [4.78, 5) is 0. The highest BCUT2D eigenvalue weighted by Crippen LogP contribution is 2.41. The summed E-state index contributed by atoms with van der Waals surface area (Å²) in [5, 5.41) is 3.63. The summed E-state index contributed by atoms with van der Waals surface area (Å²) in [5.74, 6) is 0. The number of hydrogen-bond donors (Lipinski definition) is 1. The van der Waals surface area contributed by atoms with Crippen molar-refractivity contribution >= 4 is 0 Å². The van der Waals surface area contributed by atoms with E-state index in [0.29, 0.717) is 0 Å². The Hall–Kier alpha value is -1.12. The summed E-state index contributed by atoms with van der Waals surface area (Å²) in [5.41, 5.74) is -0.450. The Balaban J connectivity index is 3.17. The SMILES string of the molecule is C=CCC1(CC=C)NCCOC1(CC=C)CC=C. The Morgan fingerprint density at radius 2 is 1.39 bits per heavy atom. The summed E-state index contributed by atoms with van der Waals surface area (Å²) in [7, 11) is 0. The lowest BCUT2D eigenvalue weighted by Crippen LogP contribution is -2.67. The van der Waals surface area contributed by atoms with Gasteiger partial charge in [-0.3, -0.25) is 0 Å². The van der Waals surface area contributed by atoms with Crippen LogP contribution in [0, 0.1) is 0 Å². The molecule has 0 saturated carbocycles. The van der Waals surface area contributed by atoms with Crippen LogP contribution in [0.15, 0.2) is 50.6 Å². The standard InChI is InChI=1S/C16H25NO/c1-5-9-15(10-6-2)16(11-7-3,12-8-4)18-14-13-17-15/h5-8,17H,1-4,9-14H2. The second-order valence-electron chi connectivity index (χ2n) is 4.82. The van der Waals surface area contributed by atoms with Crippen LogP contribution < -0.4 is 5.32 Å². The molecule has 18 heavy (non-hydrogen) atoms. The molecule has 1 rings (SSSR count). The molecule has 2 nitrogen and oxygen atoms in total. The quantitative estimate of drug-likeness (QED) is 0.664. The van der Waals surface area contributed by atoms with Crippen LogP contribution in [0.5, 0.6) is 0 Å². The normalized spacial score (nSPS) is 20.9. The molecule has 1 aliphatic heterocycles. The number of ether oxygens (including phenoxy) is 1. The molecule has 1 fully saturated rings. The van der Waals surface area contributed by atoms with Crippen molar-refractivity contribution in [3.63, 3.8) is 0 Å². The first-order valence-electron chi connectivity index (χ1n) is 6.53. The van der Waals surface area contributed by atoms with E-state index in [1.807, 2.05) is 24.3 Å². The summed E-state index contributed by atoms with van der Waals surface area (Å²) in [6, 6.07) is 0. The molecule has 0 aromatic rings.